The van der Waals surface area contributed by atoms with Gasteiger partial charge in [0.05, 0.1) is 17.3 Å². The molecule has 0 spiro atoms. The van der Waals surface area contributed by atoms with Crippen molar-refractivity contribution in [1.82, 2.24) is 5.16 Å². The van der Waals surface area contributed by atoms with Crippen LogP contribution in [0.2, 0.25) is 0 Å². The maximum Gasteiger partial charge on any atom is 0.231 e. The SMILES string of the molecule is Nc1oncc1-c1c(O)ccc2c1OCO2. The lowest BCUT2D eigenvalue weighted by Gasteiger charge is -2.06. The fourth-order valence-corrected chi connectivity index (χ4v) is 1.66. The smallest absolute Gasteiger partial charge is 0.231 e. The molecule has 0 unspecified atom stereocenters. The quantitative estimate of drug-likeness (QED) is 0.753. The number of hydrogen-bond donors (Lipinski definition) is 2. The maximum atomic E-state index is 9.81. The second-order valence-electron chi connectivity index (χ2n) is 3.30. The lowest BCUT2D eigenvalue weighted by molar-refractivity contribution is 0.174. The Labute approximate surface area is 90.2 Å². The van der Waals surface area contributed by atoms with Gasteiger partial charge >= 0.3 is 0 Å². The summed E-state index contributed by atoms with van der Waals surface area (Å²) in [5.41, 5.74) is 6.52. The minimum atomic E-state index is 0.0409. The Kier molecular flexibility index (Phi) is 1.70. The molecule has 6 heteroatoms. The Balaban J connectivity index is 2.28. The minimum absolute atomic E-state index is 0.0409. The van der Waals surface area contributed by atoms with Gasteiger partial charge in [0.15, 0.2) is 11.5 Å². The number of rotatable bonds is 1. The number of phenolic OH excluding ortho intramolecular Hbond substituents is 1. The van der Waals surface area contributed by atoms with Crippen LogP contribution in [0.1, 0.15) is 0 Å². The number of benzene rings is 1. The first-order chi connectivity index (χ1) is 7.77. The van der Waals surface area contributed by atoms with Gasteiger partial charge in [-0.05, 0) is 12.1 Å². The van der Waals surface area contributed by atoms with Crippen LogP contribution in [0.3, 0.4) is 0 Å². The van der Waals surface area contributed by atoms with Crippen molar-refractivity contribution >= 4 is 5.88 Å². The van der Waals surface area contributed by atoms with E-state index in [0.717, 1.165) is 0 Å². The van der Waals surface area contributed by atoms with Crippen LogP contribution in [0, 0.1) is 0 Å². The average molecular weight is 220 g/mol. The van der Waals surface area contributed by atoms with E-state index >= 15 is 0 Å². The molecule has 1 aromatic heterocycles. The molecule has 2 heterocycles. The predicted molar refractivity (Wildman–Crippen MR) is 54.1 cm³/mol. The highest BCUT2D eigenvalue weighted by Gasteiger charge is 2.24. The molecule has 0 saturated carbocycles. The number of anilines is 1. The molecule has 0 radical (unpaired) electrons. The molecule has 0 aliphatic carbocycles. The average Bonchev–Trinajstić information content (AvgIpc) is 2.87. The van der Waals surface area contributed by atoms with E-state index in [1.165, 1.54) is 12.3 Å². The molecule has 0 amide bonds. The first-order valence-corrected chi connectivity index (χ1v) is 4.59. The zero-order valence-corrected chi connectivity index (χ0v) is 8.14. The van der Waals surface area contributed by atoms with E-state index in [2.05, 4.69) is 5.16 Å². The van der Waals surface area contributed by atoms with Gasteiger partial charge in [-0.25, -0.2) is 0 Å². The molecular weight excluding hydrogens is 212 g/mol. The number of ether oxygens (including phenoxy) is 2. The topological polar surface area (TPSA) is 90.7 Å². The molecule has 2 aromatic rings. The van der Waals surface area contributed by atoms with E-state index in [1.807, 2.05) is 0 Å². The van der Waals surface area contributed by atoms with E-state index in [0.29, 0.717) is 22.6 Å². The Bertz CT molecular complexity index is 550. The number of nitrogen functional groups attached to an aromatic ring is 1. The lowest BCUT2D eigenvalue weighted by Crippen LogP contribution is -1.94. The Morgan fingerprint density at radius 2 is 2.19 bits per heavy atom. The third-order valence-electron chi connectivity index (χ3n) is 2.38. The van der Waals surface area contributed by atoms with Crippen molar-refractivity contribution < 1.29 is 19.1 Å². The summed E-state index contributed by atoms with van der Waals surface area (Å²) in [5, 5.41) is 13.4. The fraction of sp³-hybridized carbons (Fsp3) is 0.100. The van der Waals surface area contributed by atoms with E-state index in [1.54, 1.807) is 6.07 Å². The highest BCUT2D eigenvalue weighted by Crippen LogP contribution is 2.47. The van der Waals surface area contributed by atoms with Crippen LogP contribution in [-0.4, -0.2) is 17.1 Å². The molecule has 6 nitrogen and oxygen atoms in total. The van der Waals surface area contributed by atoms with Crippen LogP contribution in [0.25, 0.3) is 11.1 Å². The second-order valence-corrected chi connectivity index (χ2v) is 3.30. The number of nitrogens with zero attached hydrogens (tertiary/aromatic N) is 1. The summed E-state index contributed by atoms with van der Waals surface area (Å²) in [6.45, 7) is 0.122. The highest BCUT2D eigenvalue weighted by molar-refractivity contribution is 5.84. The zero-order chi connectivity index (χ0) is 11.1. The van der Waals surface area contributed by atoms with Gasteiger partial charge in [-0.15, -0.1) is 0 Å². The number of aromatic nitrogens is 1. The van der Waals surface area contributed by atoms with E-state index < -0.39 is 0 Å². The summed E-state index contributed by atoms with van der Waals surface area (Å²) >= 11 is 0. The molecule has 1 aliphatic heterocycles. The summed E-state index contributed by atoms with van der Waals surface area (Å²) < 4.78 is 15.2. The number of aromatic hydroxyl groups is 1. The third-order valence-corrected chi connectivity index (χ3v) is 2.38. The van der Waals surface area contributed by atoms with Crippen LogP contribution in [0.5, 0.6) is 17.2 Å². The van der Waals surface area contributed by atoms with Gasteiger partial charge in [0.1, 0.15) is 5.75 Å². The van der Waals surface area contributed by atoms with E-state index in [-0.39, 0.29) is 18.4 Å². The van der Waals surface area contributed by atoms with E-state index in [4.69, 9.17) is 19.7 Å². The van der Waals surface area contributed by atoms with Gasteiger partial charge in [0, 0.05) is 0 Å². The van der Waals surface area contributed by atoms with Crippen LogP contribution in [0.15, 0.2) is 22.9 Å². The van der Waals surface area contributed by atoms with Crippen LogP contribution < -0.4 is 15.2 Å². The Hall–Kier alpha value is -2.37. The maximum absolute atomic E-state index is 9.81. The number of hydrogen-bond acceptors (Lipinski definition) is 6. The summed E-state index contributed by atoms with van der Waals surface area (Å²) in [5.74, 6) is 1.18. The van der Waals surface area contributed by atoms with Crippen LogP contribution in [0.4, 0.5) is 5.88 Å². The van der Waals surface area contributed by atoms with Crippen molar-refractivity contribution in [2.24, 2.45) is 0 Å². The molecule has 0 fully saturated rings. The molecule has 16 heavy (non-hydrogen) atoms. The fourth-order valence-electron chi connectivity index (χ4n) is 1.66. The molecule has 0 atom stereocenters. The second kappa shape index (κ2) is 3.06. The predicted octanol–water partition coefficient (Wildman–Crippen LogP) is 1.36. The Morgan fingerprint density at radius 1 is 1.31 bits per heavy atom. The van der Waals surface area contributed by atoms with Crippen LogP contribution in [-0.2, 0) is 0 Å². The lowest BCUT2D eigenvalue weighted by atomic mass is 10.1. The molecule has 3 N–H and O–H groups in total. The van der Waals surface area contributed by atoms with Crippen molar-refractivity contribution in [3.05, 3.63) is 18.3 Å². The summed E-state index contributed by atoms with van der Waals surface area (Å²) in [4.78, 5) is 0. The van der Waals surface area contributed by atoms with Gasteiger partial charge in [0.25, 0.3) is 0 Å². The van der Waals surface area contributed by atoms with Crippen molar-refractivity contribution in [2.45, 2.75) is 0 Å². The van der Waals surface area contributed by atoms with Gasteiger partial charge in [-0.3, -0.25) is 0 Å². The standard InChI is InChI=1S/C10H8N2O4/c11-10-5(3-12-16-10)8-6(13)1-2-7-9(8)15-4-14-7/h1-3,13H,4,11H2. The van der Waals surface area contributed by atoms with Gasteiger partial charge in [0.2, 0.25) is 12.7 Å². The zero-order valence-electron chi connectivity index (χ0n) is 8.14. The molecule has 82 valence electrons. The molecule has 0 bridgehead atoms. The van der Waals surface area contributed by atoms with Gasteiger partial charge in [-0.2, -0.15) is 0 Å². The van der Waals surface area contributed by atoms with Crippen molar-refractivity contribution in [3.63, 3.8) is 0 Å². The van der Waals surface area contributed by atoms with Crippen LogP contribution >= 0.6 is 0 Å². The summed E-state index contributed by atoms with van der Waals surface area (Å²) in [6.07, 6.45) is 1.42. The van der Waals surface area contributed by atoms with Gasteiger partial charge < -0.3 is 24.8 Å². The van der Waals surface area contributed by atoms with E-state index in [9.17, 15) is 5.11 Å². The molecule has 1 aliphatic rings. The van der Waals surface area contributed by atoms with Gasteiger partial charge in [-0.1, -0.05) is 5.16 Å². The number of fused-ring (bicyclic) bond motifs is 1. The molecule has 3 rings (SSSR count). The first-order valence-electron chi connectivity index (χ1n) is 4.59. The minimum Gasteiger partial charge on any atom is -0.507 e. The molecule has 0 saturated heterocycles. The first kappa shape index (κ1) is 8.90. The normalized spacial score (nSPS) is 13.0. The third kappa shape index (κ3) is 1.10. The summed E-state index contributed by atoms with van der Waals surface area (Å²) in [7, 11) is 0. The largest absolute Gasteiger partial charge is 0.507 e. The molecular formula is C10H8N2O4. The molecule has 1 aromatic carbocycles. The summed E-state index contributed by atoms with van der Waals surface area (Å²) in [6, 6.07) is 3.14. The van der Waals surface area contributed by atoms with Crippen molar-refractivity contribution in [3.8, 4) is 28.4 Å². The highest BCUT2D eigenvalue weighted by atomic mass is 16.7. The number of phenols is 1. The monoisotopic (exact) mass is 220 g/mol. The van der Waals surface area contributed by atoms with Crippen molar-refractivity contribution in [1.29, 1.82) is 0 Å². The number of nitrogens with two attached hydrogens (primary N) is 1. The van der Waals surface area contributed by atoms with Crippen molar-refractivity contribution in [2.75, 3.05) is 12.5 Å². The Morgan fingerprint density at radius 3 is 2.94 bits per heavy atom.